The summed E-state index contributed by atoms with van der Waals surface area (Å²) in [6.45, 7) is 8.22. The van der Waals surface area contributed by atoms with Crippen LogP contribution in [0.1, 0.15) is 27.7 Å². The Hall–Kier alpha value is -1.54. The van der Waals surface area contributed by atoms with Crippen LogP contribution < -0.4 is 0 Å². The van der Waals surface area contributed by atoms with Gasteiger partial charge in [-0.3, -0.25) is 0 Å². The smallest absolute Gasteiger partial charge is 0.438 e. The normalized spacial score (nSPS) is 53.3. The Bertz CT molecular complexity index is 637. The van der Waals surface area contributed by atoms with Gasteiger partial charge in [-0.25, -0.2) is 9.59 Å². The molecular formula is C18H26O8. The number of ether oxygens (including phenoxy) is 6. The second-order valence-corrected chi connectivity index (χ2v) is 8.34. The van der Waals surface area contributed by atoms with Crippen molar-refractivity contribution in [1.82, 2.24) is 0 Å². The molecule has 0 aromatic carbocycles. The summed E-state index contributed by atoms with van der Waals surface area (Å²) in [4.78, 5) is 23.8. The van der Waals surface area contributed by atoms with Crippen LogP contribution in [0, 0.1) is 23.2 Å². The lowest BCUT2D eigenvalue weighted by molar-refractivity contribution is -0.153. The summed E-state index contributed by atoms with van der Waals surface area (Å²) in [6, 6.07) is 0. The van der Waals surface area contributed by atoms with E-state index in [1.807, 2.05) is 0 Å². The van der Waals surface area contributed by atoms with Gasteiger partial charge >= 0.3 is 12.3 Å². The van der Waals surface area contributed by atoms with E-state index in [1.165, 1.54) is 14.2 Å². The molecule has 10 atom stereocenters. The molecule has 10 unspecified atom stereocenters. The molecule has 26 heavy (non-hydrogen) atoms. The van der Waals surface area contributed by atoms with Gasteiger partial charge in [-0.15, -0.1) is 0 Å². The monoisotopic (exact) mass is 370 g/mol. The van der Waals surface area contributed by atoms with Gasteiger partial charge in [0.2, 0.25) is 0 Å². The SMILES string of the molecule is COC(=O)OC1C2OC(C1(C)OC(=O)OC)C1(C)C3OC(C(C)C3C)C21. The maximum Gasteiger partial charge on any atom is 0.508 e. The fraction of sp³-hybridized carbons (Fsp3) is 0.889. The van der Waals surface area contributed by atoms with Crippen LogP contribution >= 0.6 is 0 Å². The van der Waals surface area contributed by atoms with Crippen molar-refractivity contribution in [2.75, 3.05) is 14.2 Å². The molecule has 4 saturated heterocycles. The lowest BCUT2D eigenvalue weighted by Gasteiger charge is -2.50. The number of carbonyl (C=O) groups is 2. The third kappa shape index (κ3) is 1.92. The number of hydrogen-bond acceptors (Lipinski definition) is 8. The third-order valence-electron chi connectivity index (χ3n) is 7.27. The van der Waals surface area contributed by atoms with Crippen LogP contribution in [-0.2, 0) is 28.4 Å². The van der Waals surface area contributed by atoms with E-state index in [1.54, 1.807) is 6.92 Å². The second kappa shape index (κ2) is 5.48. The van der Waals surface area contributed by atoms with E-state index in [0.29, 0.717) is 11.8 Å². The largest absolute Gasteiger partial charge is 0.508 e. The van der Waals surface area contributed by atoms with Crippen molar-refractivity contribution >= 4 is 12.3 Å². The van der Waals surface area contributed by atoms with Crippen molar-refractivity contribution in [2.24, 2.45) is 23.2 Å². The highest BCUT2D eigenvalue weighted by molar-refractivity contribution is 5.62. The predicted molar refractivity (Wildman–Crippen MR) is 86.4 cm³/mol. The van der Waals surface area contributed by atoms with E-state index >= 15 is 0 Å². The van der Waals surface area contributed by atoms with Crippen molar-refractivity contribution < 1.29 is 38.0 Å². The first-order valence-electron chi connectivity index (χ1n) is 9.02. The summed E-state index contributed by atoms with van der Waals surface area (Å²) in [7, 11) is 2.48. The molecule has 0 aliphatic carbocycles. The minimum atomic E-state index is -1.19. The van der Waals surface area contributed by atoms with Crippen LogP contribution in [0.25, 0.3) is 0 Å². The molecule has 0 N–H and O–H groups in total. The molecule has 4 heterocycles. The third-order valence-corrected chi connectivity index (χ3v) is 7.27. The summed E-state index contributed by atoms with van der Waals surface area (Å²) < 4.78 is 33.1. The molecule has 4 aliphatic rings. The Balaban J connectivity index is 1.73. The van der Waals surface area contributed by atoms with Crippen molar-refractivity contribution in [1.29, 1.82) is 0 Å². The quantitative estimate of drug-likeness (QED) is 0.683. The summed E-state index contributed by atoms with van der Waals surface area (Å²) >= 11 is 0. The van der Waals surface area contributed by atoms with Crippen LogP contribution in [0.4, 0.5) is 9.59 Å². The molecule has 146 valence electrons. The van der Waals surface area contributed by atoms with Crippen LogP contribution in [-0.4, -0.2) is 62.7 Å². The van der Waals surface area contributed by atoms with Gasteiger partial charge in [-0.05, 0) is 18.8 Å². The van der Waals surface area contributed by atoms with E-state index in [0.717, 1.165) is 0 Å². The highest BCUT2D eigenvalue weighted by atomic mass is 16.8. The molecule has 0 saturated carbocycles. The minimum Gasteiger partial charge on any atom is -0.438 e. The molecule has 4 bridgehead atoms. The zero-order chi connectivity index (χ0) is 19.0. The number of fused-ring (bicyclic) bond motifs is 9. The van der Waals surface area contributed by atoms with E-state index < -0.39 is 36.2 Å². The summed E-state index contributed by atoms with van der Waals surface area (Å²) in [5.74, 6) is 0.812. The fourth-order valence-electron chi connectivity index (χ4n) is 6.07. The first-order chi connectivity index (χ1) is 12.2. The van der Waals surface area contributed by atoms with Gasteiger partial charge in [-0.2, -0.15) is 0 Å². The molecule has 0 radical (unpaired) electrons. The van der Waals surface area contributed by atoms with E-state index in [9.17, 15) is 9.59 Å². The molecule has 0 spiro atoms. The Morgan fingerprint density at radius 3 is 2.19 bits per heavy atom. The maximum atomic E-state index is 11.9. The van der Waals surface area contributed by atoms with Gasteiger partial charge in [0.15, 0.2) is 11.7 Å². The van der Waals surface area contributed by atoms with Crippen LogP contribution in [0.2, 0.25) is 0 Å². The Kier molecular flexibility index (Phi) is 3.76. The fourth-order valence-corrected chi connectivity index (χ4v) is 6.07. The van der Waals surface area contributed by atoms with Crippen LogP contribution in [0.3, 0.4) is 0 Å². The molecule has 4 rings (SSSR count). The number of carbonyl (C=O) groups excluding carboxylic acids is 2. The molecule has 0 aromatic heterocycles. The molecular weight excluding hydrogens is 344 g/mol. The molecule has 8 heteroatoms. The van der Waals surface area contributed by atoms with Gasteiger partial charge in [0.05, 0.1) is 26.4 Å². The molecule has 0 aromatic rings. The van der Waals surface area contributed by atoms with Crippen LogP contribution in [0.15, 0.2) is 0 Å². The van der Waals surface area contributed by atoms with Crippen molar-refractivity contribution in [3.63, 3.8) is 0 Å². The first-order valence-corrected chi connectivity index (χ1v) is 9.02. The highest BCUT2D eigenvalue weighted by Gasteiger charge is 2.82. The average molecular weight is 370 g/mol. The summed E-state index contributed by atoms with van der Waals surface area (Å²) in [5.41, 5.74) is -1.52. The summed E-state index contributed by atoms with van der Waals surface area (Å²) in [5, 5.41) is 0. The Morgan fingerprint density at radius 2 is 1.58 bits per heavy atom. The number of methoxy groups -OCH3 is 2. The summed E-state index contributed by atoms with van der Waals surface area (Å²) in [6.07, 6.45) is -3.33. The lowest BCUT2D eigenvalue weighted by Crippen LogP contribution is -2.66. The second-order valence-electron chi connectivity index (χ2n) is 8.34. The van der Waals surface area contributed by atoms with Gasteiger partial charge in [0.1, 0.15) is 12.2 Å². The van der Waals surface area contributed by atoms with E-state index in [4.69, 9.17) is 18.9 Å². The molecule has 8 nitrogen and oxygen atoms in total. The van der Waals surface area contributed by atoms with E-state index in [-0.39, 0.29) is 23.5 Å². The Morgan fingerprint density at radius 1 is 0.923 bits per heavy atom. The number of hydrogen-bond donors (Lipinski definition) is 0. The zero-order valence-corrected chi connectivity index (χ0v) is 15.9. The van der Waals surface area contributed by atoms with Crippen molar-refractivity contribution in [2.45, 2.75) is 63.8 Å². The zero-order valence-electron chi connectivity index (χ0n) is 15.9. The number of rotatable bonds is 2. The topological polar surface area (TPSA) is 89.5 Å². The lowest BCUT2D eigenvalue weighted by atomic mass is 9.52. The van der Waals surface area contributed by atoms with Crippen LogP contribution in [0.5, 0.6) is 0 Å². The molecule has 4 aliphatic heterocycles. The molecule has 4 fully saturated rings. The standard InChI is InChI=1S/C18H26O8/c1-7-8(2)12-17(3)9(10(7)23-12)11-13(25-15(19)21-5)18(4,14(17)24-11)26-16(20)22-6/h7-14H,1-6H3. The predicted octanol–water partition coefficient (Wildman–Crippen LogP) is 2.14. The first kappa shape index (κ1) is 17.9. The van der Waals surface area contributed by atoms with Gasteiger partial charge in [0.25, 0.3) is 0 Å². The van der Waals surface area contributed by atoms with Crippen molar-refractivity contribution in [3.8, 4) is 0 Å². The highest BCUT2D eigenvalue weighted by Crippen LogP contribution is 2.69. The van der Waals surface area contributed by atoms with Gasteiger partial charge in [0, 0.05) is 11.3 Å². The van der Waals surface area contributed by atoms with Gasteiger partial charge in [-0.1, -0.05) is 20.8 Å². The molecule has 0 amide bonds. The minimum absolute atomic E-state index is 0.00199. The average Bonchev–Trinajstić information content (AvgIpc) is 3.25. The van der Waals surface area contributed by atoms with Crippen molar-refractivity contribution in [3.05, 3.63) is 0 Å². The maximum absolute atomic E-state index is 11.9. The Labute approximate surface area is 152 Å². The van der Waals surface area contributed by atoms with E-state index in [2.05, 4.69) is 30.2 Å². The van der Waals surface area contributed by atoms with Gasteiger partial charge < -0.3 is 28.4 Å².